The summed E-state index contributed by atoms with van der Waals surface area (Å²) in [5.74, 6) is 0.335. The number of nitro benzene ring substituents is 2. The standard InChI is InChI=1S/C21H18N6O6/c1-12-19-16(25-24-15-8-7-14(26(29)30)10-17(15)27(31)32)5-2-6-18(19)33-20(12)21(28)23-13-4-3-9-22-11-13/h3-4,7-11,24H,2,5-6H2,1H3,(H,23,28)/b25-16+. The first-order valence-corrected chi connectivity index (χ1v) is 9.94. The van der Waals surface area contributed by atoms with Crippen LogP contribution in [0.4, 0.5) is 22.7 Å². The third kappa shape index (κ3) is 4.39. The SMILES string of the molecule is Cc1c(C(=O)Nc2cccnc2)oc2c1/C(=N/Nc1ccc([N+](=O)[O-])cc1[N+](=O)[O-])CCC2. The average molecular weight is 450 g/mol. The van der Waals surface area contributed by atoms with E-state index in [0.29, 0.717) is 47.5 Å². The number of anilines is 2. The highest BCUT2D eigenvalue weighted by Gasteiger charge is 2.28. The number of benzene rings is 1. The van der Waals surface area contributed by atoms with Gasteiger partial charge in [0.25, 0.3) is 11.6 Å². The van der Waals surface area contributed by atoms with Gasteiger partial charge >= 0.3 is 5.69 Å². The quantitative estimate of drug-likeness (QED) is 0.416. The van der Waals surface area contributed by atoms with Crippen LogP contribution < -0.4 is 10.7 Å². The van der Waals surface area contributed by atoms with Gasteiger partial charge in [0, 0.05) is 29.8 Å². The van der Waals surface area contributed by atoms with Crippen LogP contribution in [-0.4, -0.2) is 26.4 Å². The number of aryl methyl sites for hydroxylation is 1. The van der Waals surface area contributed by atoms with E-state index in [1.807, 2.05) is 0 Å². The lowest BCUT2D eigenvalue weighted by atomic mass is 9.93. The molecular formula is C21H18N6O6. The van der Waals surface area contributed by atoms with Crippen molar-refractivity contribution in [2.45, 2.75) is 26.2 Å². The Morgan fingerprint density at radius 1 is 1.18 bits per heavy atom. The van der Waals surface area contributed by atoms with Crippen LogP contribution in [0.15, 0.2) is 52.2 Å². The van der Waals surface area contributed by atoms with Crippen LogP contribution in [0.3, 0.4) is 0 Å². The number of carbonyl (C=O) groups excluding carboxylic acids is 1. The molecule has 2 heterocycles. The number of non-ortho nitro benzene ring substituents is 1. The largest absolute Gasteiger partial charge is 0.455 e. The highest BCUT2D eigenvalue weighted by Crippen LogP contribution is 2.32. The first kappa shape index (κ1) is 21.6. The lowest BCUT2D eigenvalue weighted by Gasteiger charge is -2.13. The number of nitrogens with one attached hydrogen (secondary N) is 2. The zero-order valence-corrected chi connectivity index (χ0v) is 17.4. The van der Waals surface area contributed by atoms with Gasteiger partial charge in [-0.15, -0.1) is 0 Å². The van der Waals surface area contributed by atoms with E-state index < -0.39 is 27.1 Å². The van der Waals surface area contributed by atoms with Crippen LogP contribution in [-0.2, 0) is 6.42 Å². The summed E-state index contributed by atoms with van der Waals surface area (Å²) < 4.78 is 5.83. The Morgan fingerprint density at radius 2 is 2.00 bits per heavy atom. The molecule has 1 amide bonds. The Bertz CT molecular complexity index is 1280. The molecule has 12 heteroatoms. The molecule has 12 nitrogen and oxygen atoms in total. The normalized spacial score (nSPS) is 13.9. The van der Waals surface area contributed by atoms with Gasteiger partial charge in [0.15, 0.2) is 5.76 Å². The summed E-state index contributed by atoms with van der Waals surface area (Å²) in [7, 11) is 0. The zero-order chi connectivity index (χ0) is 23.5. The molecule has 0 radical (unpaired) electrons. The molecule has 0 atom stereocenters. The number of amides is 1. The molecule has 4 rings (SSSR count). The van der Waals surface area contributed by atoms with Gasteiger partial charge in [-0.25, -0.2) is 0 Å². The third-order valence-electron chi connectivity index (χ3n) is 5.15. The summed E-state index contributed by atoms with van der Waals surface area (Å²) in [5, 5.41) is 29.3. The van der Waals surface area contributed by atoms with Crippen LogP contribution in [0.5, 0.6) is 0 Å². The molecule has 0 aliphatic heterocycles. The third-order valence-corrected chi connectivity index (χ3v) is 5.15. The maximum absolute atomic E-state index is 12.7. The van der Waals surface area contributed by atoms with Gasteiger partial charge in [-0.1, -0.05) is 0 Å². The number of fused-ring (bicyclic) bond motifs is 1. The van der Waals surface area contributed by atoms with Crippen molar-refractivity contribution in [2.24, 2.45) is 5.10 Å². The molecule has 1 aromatic carbocycles. The molecule has 0 bridgehead atoms. The van der Waals surface area contributed by atoms with Crippen molar-refractivity contribution in [3.8, 4) is 0 Å². The number of hydrogen-bond donors (Lipinski definition) is 2. The predicted molar refractivity (Wildman–Crippen MR) is 118 cm³/mol. The minimum atomic E-state index is -0.716. The van der Waals surface area contributed by atoms with Crippen molar-refractivity contribution in [3.63, 3.8) is 0 Å². The van der Waals surface area contributed by atoms with Gasteiger partial charge in [0.1, 0.15) is 11.4 Å². The van der Waals surface area contributed by atoms with Crippen LogP contribution in [0, 0.1) is 27.2 Å². The number of furan rings is 1. The van der Waals surface area contributed by atoms with Crippen LogP contribution in [0.25, 0.3) is 0 Å². The fourth-order valence-electron chi connectivity index (χ4n) is 3.63. The Labute approximate surface area is 186 Å². The molecule has 0 saturated carbocycles. The molecule has 1 aliphatic rings. The van der Waals surface area contributed by atoms with Crippen molar-refractivity contribution in [2.75, 3.05) is 10.7 Å². The molecular weight excluding hydrogens is 432 g/mol. The second-order valence-electron chi connectivity index (χ2n) is 7.29. The van der Waals surface area contributed by atoms with Crippen molar-refractivity contribution in [1.29, 1.82) is 0 Å². The van der Waals surface area contributed by atoms with Crippen LogP contribution in [0.2, 0.25) is 0 Å². The summed E-state index contributed by atoms with van der Waals surface area (Å²) in [6.07, 6.45) is 5.01. The van der Waals surface area contributed by atoms with Crippen molar-refractivity contribution >= 4 is 34.4 Å². The van der Waals surface area contributed by atoms with Gasteiger partial charge in [-0.2, -0.15) is 5.10 Å². The first-order chi connectivity index (χ1) is 15.8. The lowest BCUT2D eigenvalue weighted by molar-refractivity contribution is -0.393. The van der Waals surface area contributed by atoms with Crippen LogP contribution in [0.1, 0.15) is 40.3 Å². The monoisotopic (exact) mass is 450 g/mol. The maximum atomic E-state index is 12.7. The minimum absolute atomic E-state index is 0.0147. The van der Waals surface area contributed by atoms with Crippen molar-refractivity contribution < 1.29 is 19.1 Å². The van der Waals surface area contributed by atoms with Crippen molar-refractivity contribution in [1.82, 2.24) is 4.98 Å². The minimum Gasteiger partial charge on any atom is -0.455 e. The highest BCUT2D eigenvalue weighted by molar-refractivity contribution is 6.09. The smallest absolute Gasteiger partial charge is 0.301 e. The number of hydrazone groups is 1. The van der Waals surface area contributed by atoms with E-state index in [1.165, 1.54) is 12.3 Å². The Kier molecular flexibility index (Phi) is 5.81. The maximum Gasteiger partial charge on any atom is 0.301 e. The van der Waals surface area contributed by atoms with E-state index in [1.54, 1.807) is 25.3 Å². The lowest BCUT2D eigenvalue weighted by Crippen LogP contribution is -2.14. The van der Waals surface area contributed by atoms with Gasteiger partial charge in [0.2, 0.25) is 0 Å². The number of carbonyl (C=O) groups is 1. The second kappa shape index (κ2) is 8.86. The zero-order valence-electron chi connectivity index (χ0n) is 17.4. The second-order valence-corrected chi connectivity index (χ2v) is 7.29. The Morgan fingerprint density at radius 3 is 2.70 bits per heavy atom. The highest BCUT2D eigenvalue weighted by atomic mass is 16.6. The van der Waals surface area contributed by atoms with Crippen LogP contribution >= 0.6 is 0 Å². The number of nitro groups is 2. The van der Waals surface area contributed by atoms with Gasteiger partial charge in [-0.3, -0.25) is 35.4 Å². The summed E-state index contributed by atoms with van der Waals surface area (Å²) in [5.41, 5.74) is 4.18. The van der Waals surface area contributed by atoms with E-state index >= 15 is 0 Å². The van der Waals surface area contributed by atoms with E-state index in [9.17, 15) is 25.0 Å². The molecule has 0 unspecified atom stereocenters. The average Bonchev–Trinajstić information content (AvgIpc) is 3.15. The summed E-state index contributed by atoms with van der Waals surface area (Å²) in [6, 6.07) is 6.67. The molecule has 2 N–H and O–H groups in total. The predicted octanol–water partition coefficient (Wildman–Crippen LogP) is 4.20. The summed E-state index contributed by atoms with van der Waals surface area (Å²) in [6.45, 7) is 1.75. The number of hydrogen-bond acceptors (Lipinski definition) is 9. The molecule has 168 valence electrons. The first-order valence-electron chi connectivity index (χ1n) is 9.94. The van der Waals surface area contributed by atoms with E-state index in [-0.39, 0.29) is 11.4 Å². The molecule has 2 aromatic heterocycles. The van der Waals surface area contributed by atoms with E-state index in [4.69, 9.17) is 4.42 Å². The number of nitrogens with zero attached hydrogens (tertiary/aromatic N) is 4. The van der Waals surface area contributed by atoms with Gasteiger partial charge in [-0.05, 0) is 38.0 Å². The number of rotatable bonds is 6. The Hall–Kier alpha value is -4.61. The summed E-state index contributed by atoms with van der Waals surface area (Å²) in [4.78, 5) is 37.6. The van der Waals surface area contributed by atoms with Gasteiger partial charge in [0.05, 0.1) is 33.5 Å². The topological polar surface area (TPSA) is 166 Å². The molecule has 0 spiro atoms. The molecule has 33 heavy (non-hydrogen) atoms. The fraction of sp³-hybridized carbons (Fsp3) is 0.190. The van der Waals surface area contributed by atoms with Crippen molar-refractivity contribution in [3.05, 3.63) is 85.6 Å². The molecule has 3 aromatic rings. The van der Waals surface area contributed by atoms with Gasteiger partial charge < -0.3 is 9.73 Å². The van der Waals surface area contributed by atoms with E-state index in [2.05, 4.69) is 20.8 Å². The van der Waals surface area contributed by atoms with E-state index in [0.717, 1.165) is 12.1 Å². The fourth-order valence-corrected chi connectivity index (χ4v) is 3.63. The number of pyridine rings is 1. The summed E-state index contributed by atoms with van der Waals surface area (Å²) >= 11 is 0. The number of aromatic nitrogens is 1. The molecule has 1 aliphatic carbocycles. The molecule has 0 saturated heterocycles. The Balaban J connectivity index is 1.63. The molecule has 0 fully saturated rings.